The van der Waals surface area contributed by atoms with Crippen LogP contribution in [0.5, 0.6) is 0 Å². The minimum atomic E-state index is -0.394. The third-order valence-corrected chi connectivity index (χ3v) is 6.44. The highest BCUT2D eigenvalue weighted by Crippen LogP contribution is 2.36. The van der Waals surface area contributed by atoms with Crippen molar-refractivity contribution in [3.05, 3.63) is 62.5 Å². The van der Waals surface area contributed by atoms with Gasteiger partial charge in [-0.3, -0.25) is 19.0 Å². The zero-order valence-corrected chi connectivity index (χ0v) is 18.2. The number of nitrogens with one attached hydrogen (secondary N) is 1. The fourth-order valence-electron chi connectivity index (χ4n) is 4.68. The number of carbonyl (C=O) groups is 2. The second-order valence-electron chi connectivity index (χ2n) is 9.30. The lowest BCUT2D eigenvalue weighted by atomic mass is 9.73. The third kappa shape index (κ3) is 4.08. The van der Waals surface area contributed by atoms with E-state index in [0.29, 0.717) is 34.7 Å². The number of rotatable bonds is 3. The lowest BCUT2D eigenvalue weighted by molar-refractivity contribution is 0.0906. The minimum Gasteiger partial charge on any atom is -0.349 e. The van der Waals surface area contributed by atoms with Crippen molar-refractivity contribution in [1.29, 1.82) is 0 Å². The van der Waals surface area contributed by atoms with Gasteiger partial charge in [0.1, 0.15) is 5.56 Å². The molecule has 1 fully saturated rings. The van der Waals surface area contributed by atoms with Crippen molar-refractivity contribution in [2.75, 3.05) is 0 Å². The molecule has 1 N–H and O–H groups in total. The highest BCUT2D eigenvalue weighted by atomic mass is 35.5. The molecule has 0 bridgehead atoms. The van der Waals surface area contributed by atoms with Crippen LogP contribution in [-0.2, 0) is 6.42 Å². The number of nitrogens with zero attached hydrogens (tertiary/aromatic N) is 1. The third-order valence-electron chi connectivity index (χ3n) is 6.18. The van der Waals surface area contributed by atoms with E-state index in [1.165, 1.54) is 11.0 Å². The van der Waals surface area contributed by atoms with Gasteiger partial charge in [-0.05, 0) is 54.5 Å². The molecule has 5 nitrogen and oxygen atoms in total. The van der Waals surface area contributed by atoms with E-state index < -0.39 is 5.56 Å². The first-order valence-electron chi connectivity index (χ1n) is 10.6. The van der Waals surface area contributed by atoms with E-state index in [0.717, 1.165) is 25.7 Å². The molecule has 6 heteroatoms. The van der Waals surface area contributed by atoms with Crippen molar-refractivity contribution in [2.24, 2.45) is 5.41 Å². The predicted molar refractivity (Wildman–Crippen MR) is 118 cm³/mol. The van der Waals surface area contributed by atoms with Crippen molar-refractivity contribution < 1.29 is 9.59 Å². The Labute approximate surface area is 181 Å². The van der Waals surface area contributed by atoms with E-state index in [2.05, 4.69) is 5.32 Å². The Morgan fingerprint density at radius 1 is 1.07 bits per heavy atom. The molecule has 0 spiro atoms. The van der Waals surface area contributed by atoms with Crippen LogP contribution in [-0.4, -0.2) is 22.3 Å². The van der Waals surface area contributed by atoms with Gasteiger partial charge in [-0.15, -0.1) is 0 Å². The normalized spacial score (nSPS) is 18.7. The van der Waals surface area contributed by atoms with E-state index >= 15 is 0 Å². The van der Waals surface area contributed by atoms with E-state index in [1.807, 2.05) is 13.8 Å². The van der Waals surface area contributed by atoms with Crippen LogP contribution in [0.25, 0.3) is 5.69 Å². The summed E-state index contributed by atoms with van der Waals surface area (Å²) in [6, 6.07) is 6.90. The number of amides is 1. The van der Waals surface area contributed by atoms with Crippen LogP contribution in [0.4, 0.5) is 0 Å². The molecule has 0 aliphatic heterocycles. The number of Topliss-reactive ketones (excluding diaryl/α,β-unsaturated/α-hetero) is 1. The van der Waals surface area contributed by atoms with Crippen LogP contribution in [0.2, 0.25) is 5.02 Å². The van der Waals surface area contributed by atoms with Gasteiger partial charge in [-0.2, -0.15) is 0 Å². The van der Waals surface area contributed by atoms with E-state index in [-0.39, 0.29) is 28.7 Å². The molecule has 0 saturated heterocycles. The van der Waals surface area contributed by atoms with E-state index in [4.69, 9.17) is 11.6 Å². The second kappa shape index (κ2) is 8.03. The summed E-state index contributed by atoms with van der Waals surface area (Å²) in [7, 11) is 0. The lowest BCUT2D eigenvalue weighted by Gasteiger charge is -2.32. The molecule has 1 saturated carbocycles. The Hall–Kier alpha value is -2.40. The van der Waals surface area contributed by atoms with Gasteiger partial charge in [0.2, 0.25) is 0 Å². The fourth-order valence-corrected chi connectivity index (χ4v) is 4.80. The molecule has 1 heterocycles. The average Bonchev–Trinajstić information content (AvgIpc) is 2.68. The number of benzene rings is 1. The number of carbonyl (C=O) groups excluding carboxylic acids is 2. The summed E-state index contributed by atoms with van der Waals surface area (Å²) < 4.78 is 1.40. The second-order valence-corrected chi connectivity index (χ2v) is 9.73. The maximum absolute atomic E-state index is 13.5. The van der Waals surface area contributed by atoms with Gasteiger partial charge in [0.25, 0.3) is 11.5 Å². The summed E-state index contributed by atoms with van der Waals surface area (Å²) in [5.41, 5.74) is 1.06. The first kappa shape index (κ1) is 20.9. The van der Waals surface area contributed by atoms with Gasteiger partial charge in [0, 0.05) is 34.9 Å². The monoisotopic (exact) mass is 426 g/mol. The van der Waals surface area contributed by atoms with Crippen LogP contribution in [0.1, 0.15) is 78.7 Å². The van der Waals surface area contributed by atoms with Gasteiger partial charge < -0.3 is 5.32 Å². The largest absolute Gasteiger partial charge is 0.349 e. The zero-order chi connectivity index (χ0) is 21.5. The molecule has 1 amide bonds. The van der Waals surface area contributed by atoms with Gasteiger partial charge >= 0.3 is 0 Å². The smallest absolute Gasteiger partial charge is 0.268 e. The van der Waals surface area contributed by atoms with E-state index in [1.54, 1.807) is 30.5 Å². The Bertz CT molecular complexity index is 1050. The van der Waals surface area contributed by atoms with Gasteiger partial charge in [0.15, 0.2) is 5.78 Å². The van der Waals surface area contributed by atoms with Crippen LogP contribution < -0.4 is 10.9 Å². The van der Waals surface area contributed by atoms with Crippen LogP contribution in [0.3, 0.4) is 0 Å². The standard InChI is InChI=1S/C24H27ClN2O3/c1-24(2)12-18-19(20(28)13-24)14-27(17-10-8-15(25)9-11-17)23(30)21(18)22(29)26-16-6-4-3-5-7-16/h8-11,14,16H,3-7,12-13H2,1-2H3,(H,26,29). The average molecular weight is 427 g/mol. The molecule has 0 unspecified atom stereocenters. The van der Waals surface area contributed by atoms with Gasteiger partial charge in [-0.25, -0.2) is 0 Å². The van der Waals surface area contributed by atoms with Crippen LogP contribution in [0, 0.1) is 5.41 Å². The van der Waals surface area contributed by atoms with Crippen molar-refractivity contribution >= 4 is 23.3 Å². The highest BCUT2D eigenvalue weighted by molar-refractivity contribution is 6.30. The molecular formula is C24H27ClN2O3. The molecular weight excluding hydrogens is 400 g/mol. The Morgan fingerprint density at radius 3 is 2.40 bits per heavy atom. The molecule has 1 aromatic heterocycles. The zero-order valence-electron chi connectivity index (χ0n) is 17.5. The fraction of sp³-hybridized carbons (Fsp3) is 0.458. The van der Waals surface area contributed by atoms with Crippen molar-refractivity contribution in [3.8, 4) is 5.69 Å². The maximum atomic E-state index is 13.5. The number of hydrogen-bond acceptors (Lipinski definition) is 3. The summed E-state index contributed by atoms with van der Waals surface area (Å²) in [5.74, 6) is -0.396. The van der Waals surface area contributed by atoms with Gasteiger partial charge in [0.05, 0.1) is 0 Å². The summed E-state index contributed by atoms with van der Waals surface area (Å²) in [4.78, 5) is 39.7. The maximum Gasteiger partial charge on any atom is 0.268 e. The number of halogens is 1. The first-order valence-corrected chi connectivity index (χ1v) is 11.0. The van der Waals surface area contributed by atoms with Crippen molar-refractivity contribution in [3.63, 3.8) is 0 Å². The molecule has 2 aliphatic carbocycles. The molecule has 0 radical (unpaired) electrons. The summed E-state index contributed by atoms with van der Waals surface area (Å²) in [5, 5.41) is 3.62. The summed E-state index contributed by atoms with van der Waals surface area (Å²) in [6.45, 7) is 4.00. The Kier molecular flexibility index (Phi) is 5.58. The van der Waals surface area contributed by atoms with Crippen LogP contribution >= 0.6 is 11.6 Å². The Morgan fingerprint density at radius 2 is 1.73 bits per heavy atom. The molecule has 30 heavy (non-hydrogen) atoms. The predicted octanol–water partition coefficient (Wildman–Crippen LogP) is 4.71. The van der Waals surface area contributed by atoms with Crippen LogP contribution in [0.15, 0.2) is 35.3 Å². The molecule has 1 aromatic carbocycles. The topological polar surface area (TPSA) is 68.2 Å². The quantitative estimate of drug-likeness (QED) is 0.772. The molecule has 2 aliphatic rings. The van der Waals surface area contributed by atoms with Crippen molar-refractivity contribution in [2.45, 2.75) is 64.8 Å². The number of ketones is 1. The van der Waals surface area contributed by atoms with Gasteiger partial charge in [-0.1, -0.05) is 44.7 Å². The molecule has 158 valence electrons. The molecule has 4 rings (SSSR count). The molecule has 2 aromatic rings. The summed E-state index contributed by atoms with van der Waals surface area (Å²) in [6.07, 6.45) is 7.71. The minimum absolute atomic E-state index is 0.0318. The first-order chi connectivity index (χ1) is 14.2. The number of fused-ring (bicyclic) bond motifs is 1. The number of aromatic nitrogens is 1. The lowest BCUT2D eigenvalue weighted by Crippen LogP contribution is -2.42. The SMILES string of the molecule is CC1(C)CC(=O)c2cn(-c3ccc(Cl)cc3)c(=O)c(C(=O)NC3CCCCC3)c2C1. The van der Waals surface area contributed by atoms with E-state index in [9.17, 15) is 14.4 Å². The number of pyridine rings is 1. The highest BCUT2D eigenvalue weighted by Gasteiger charge is 2.36. The van der Waals surface area contributed by atoms with Crippen molar-refractivity contribution in [1.82, 2.24) is 9.88 Å². The number of hydrogen-bond donors (Lipinski definition) is 1. The summed E-state index contributed by atoms with van der Waals surface area (Å²) >= 11 is 5.99. The Balaban J connectivity index is 1.85. The molecule has 0 atom stereocenters.